The van der Waals surface area contributed by atoms with Gasteiger partial charge in [-0.3, -0.25) is 10.1 Å². The number of hydrogen-bond donors (Lipinski definition) is 1. The smallest absolute Gasteiger partial charge is 0.306 e. The first-order chi connectivity index (χ1) is 7.09. The zero-order valence-corrected chi connectivity index (χ0v) is 8.23. The van der Waals surface area contributed by atoms with Gasteiger partial charge in [-0.05, 0) is 18.2 Å². The molecule has 0 atom stereocenters. The summed E-state index contributed by atoms with van der Waals surface area (Å²) in [6, 6.07) is 4.90. The van der Waals surface area contributed by atoms with Crippen molar-refractivity contribution in [2.75, 3.05) is 5.73 Å². The molecule has 76 valence electrons. The zero-order chi connectivity index (χ0) is 11.0. The number of pyridine rings is 1. The molecule has 1 heterocycles. The average molecular weight is 224 g/mol. The monoisotopic (exact) mass is 223 g/mol. The normalized spacial score (nSPS) is 10.5. The number of nitrogens with two attached hydrogens (primary N) is 1. The van der Waals surface area contributed by atoms with Crippen LogP contribution in [0, 0.1) is 10.1 Å². The van der Waals surface area contributed by atoms with E-state index in [1.165, 1.54) is 0 Å². The third-order valence-corrected chi connectivity index (χ3v) is 2.40. The lowest BCUT2D eigenvalue weighted by atomic mass is 10.2. The fraction of sp³-hybridized carbons (Fsp3) is 0. The van der Waals surface area contributed by atoms with Crippen LogP contribution in [0.3, 0.4) is 0 Å². The summed E-state index contributed by atoms with van der Waals surface area (Å²) in [5, 5.41) is 11.2. The summed E-state index contributed by atoms with van der Waals surface area (Å²) in [6.45, 7) is 0. The van der Waals surface area contributed by atoms with Gasteiger partial charge in [0.15, 0.2) is 0 Å². The second-order valence-corrected chi connectivity index (χ2v) is 3.37. The maximum absolute atomic E-state index is 10.6. The minimum atomic E-state index is -0.571. The first-order valence-electron chi connectivity index (χ1n) is 4.07. The van der Waals surface area contributed by atoms with Crippen LogP contribution in [0.2, 0.25) is 5.02 Å². The number of nitrogen functional groups attached to an aromatic ring is 1. The topological polar surface area (TPSA) is 82.0 Å². The second kappa shape index (κ2) is 3.36. The van der Waals surface area contributed by atoms with E-state index in [1.807, 2.05) is 0 Å². The van der Waals surface area contributed by atoms with E-state index in [4.69, 9.17) is 17.3 Å². The highest BCUT2D eigenvalue weighted by atomic mass is 35.5. The highest BCUT2D eigenvalue weighted by Gasteiger charge is 2.15. The van der Waals surface area contributed by atoms with Gasteiger partial charge in [-0.2, -0.15) is 0 Å². The summed E-state index contributed by atoms with van der Waals surface area (Å²) in [5.41, 5.74) is 6.42. The molecule has 5 nitrogen and oxygen atoms in total. The molecule has 0 aliphatic carbocycles. The van der Waals surface area contributed by atoms with Gasteiger partial charge in [-0.15, -0.1) is 0 Å². The van der Waals surface area contributed by atoms with Crippen molar-refractivity contribution in [3.8, 4) is 0 Å². The molecule has 0 saturated heterocycles. The molecule has 0 spiro atoms. The Kier molecular flexibility index (Phi) is 2.17. The first-order valence-corrected chi connectivity index (χ1v) is 4.45. The predicted octanol–water partition coefficient (Wildman–Crippen LogP) is 2.38. The van der Waals surface area contributed by atoms with E-state index in [2.05, 4.69) is 4.98 Å². The Morgan fingerprint density at radius 1 is 1.47 bits per heavy atom. The van der Waals surface area contributed by atoms with Crippen LogP contribution in [-0.2, 0) is 0 Å². The molecular weight excluding hydrogens is 218 g/mol. The Labute approximate surface area is 89.6 Å². The van der Waals surface area contributed by atoms with Gasteiger partial charge in [-0.25, -0.2) is 4.98 Å². The predicted molar refractivity (Wildman–Crippen MR) is 57.8 cm³/mol. The van der Waals surface area contributed by atoms with Crippen molar-refractivity contribution in [3.05, 3.63) is 39.5 Å². The number of nitro groups is 1. The van der Waals surface area contributed by atoms with Crippen molar-refractivity contribution in [1.82, 2.24) is 4.98 Å². The molecule has 0 aliphatic rings. The molecule has 2 rings (SSSR count). The molecule has 2 aromatic rings. The van der Waals surface area contributed by atoms with Gasteiger partial charge in [0.05, 0.1) is 10.4 Å². The number of fused-ring (bicyclic) bond motifs is 1. The first kappa shape index (κ1) is 9.67. The molecule has 0 saturated carbocycles. The minimum absolute atomic E-state index is 0.0669. The summed E-state index contributed by atoms with van der Waals surface area (Å²) in [6.07, 6.45) is 1.14. The number of benzene rings is 1. The molecule has 0 amide bonds. The summed E-state index contributed by atoms with van der Waals surface area (Å²) < 4.78 is 0. The van der Waals surface area contributed by atoms with Gasteiger partial charge in [0, 0.05) is 11.1 Å². The number of nitrogens with zero attached hydrogens (tertiary/aromatic N) is 2. The van der Waals surface area contributed by atoms with Gasteiger partial charge in [0.25, 0.3) is 0 Å². The number of rotatable bonds is 1. The summed E-state index contributed by atoms with van der Waals surface area (Å²) >= 11 is 5.87. The maximum atomic E-state index is 10.6. The molecule has 0 radical (unpaired) electrons. The standard InChI is InChI=1S/C9H6ClN3O2/c10-9-6-3-5(11)1-2-7(6)12-4-8(9)13(14)15/h1-4H,11H2. The van der Waals surface area contributed by atoms with E-state index < -0.39 is 4.92 Å². The van der Waals surface area contributed by atoms with Crippen LogP contribution in [0.15, 0.2) is 24.4 Å². The highest BCUT2D eigenvalue weighted by Crippen LogP contribution is 2.31. The van der Waals surface area contributed by atoms with Crippen molar-refractivity contribution in [2.45, 2.75) is 0 Å². The van der Waals surface area contributed by atoms with Crippen LogP contribution in [0.5, 0.6) is 0 Å². The molecule has 0 unspecified atom stereocenters. The fourth-order valence-corrected chi connectivity index (χ4v) is 1.56. The lowest BCUT2D eigenvalue weighted by molar-refractivity contribution is -0.384. The van der Waals surface area contributed by atoms with E-state index in [-0.39, 0.29) is 10.7 Å². The van der Waals surface area contributed by atoms with E-state index in [0.717, 1.165) is 6.20 Å². The molecule has 0 fully saturated rings. The van der Waals surface area contributed by atoms with Crippen LogP contribution >= 0.6 is 11.6 Å². The van der Waals surface area contributed by atoms with Gasteiger partial charge in [0.1, 0.15) is 11.2 Å². The second-order valence-electron chi connectivity index (χ2n) is 2.99. The molecule has 2 N–H and O–H groups in total. The number of aromatic nitrogens is 1. The Morgan fingerprint density at radius 3 is 2.87 bits per heavy atom. The quantitative estimate of drug-likeness (QED) is 0.457. The third kappa shape index (κ3) is 1.57. The largest absolute Gasteiger partial charge is 0.399 e. The van der Waals surface area contributed by atoms with E-state index in [1.54, 1.807) is 18.2 Å². The van der Waals surface area contributed by atoms with Crippen molar-refractivity contribution < 1.29 is 4.92 Å². The Balaban J connectivity index is 2.82. The molecule has 1 aromatic heterocycles. The molecule has 6 heteroatoms. The van der Waals surface area contributed by atoms with Crippen LogP contribution in [0.25, 0.3) is 10.9 Å². The maximum Gasteiger partial charge on any atom is 0.306 e. The van der Waals surface area contributed by atoms with Gasteiger partial charge >= 0.3 is 5.69 Å². The molecular formula is C9H6ClN3O2. The van der Waals surface area contributed by atoms with Crippen molar-refractivity contribution in [3.63, 3.8) is 0 Å². The van der Waals surface area contributed by atoms with E-state index in [0.29, 0.717) is 16.6 Å². The van der Waals surface area contributed by atoms with Crippen LogP contribution in [0.4, 0.5) is 11.4 Å². The Morgan fingerprint density at radius 2 is 2.20 bits per heavy atom. The molecule has 1 aromatic carbocycles. The lowest BCUT2D eigenvalue weighted by Gasteiger charge is -2.01. The third-order valence-electron chi connectivity index (χ3n) is 2.00. The Hall–Kier alpha value is -1.88. The SMILES string of the molecule is Nc1ccc2ncc([N+](=O)[O-])c(Cl)c2c1. The van der Waals surface area contributed by atoms with Crippen molar-refractivity contribution in [2.24, 2.45) is 0 Å². The molecule has 15 heavy (non-hydrogen) atoms. The van der Waals surface area contributed by atoms with Crippen LogP contribution in [-0.4, -0.2) is 9.91 Å². The minimum Gasteiger partial charge on any atom is -0.399 e. The lowest BCUT2D eigenvalue weighted by Crippen LogP contribution is -1.92. The molecule has 0 aliphatic heterocycles. The van der Waals surface area contributed by atoms with Crippen LogP contribution in [0.1, 0.15) is 0 Å². The zero-order valence-electron chi connectivity index (χ0n) is 7.48. The average Bonchev–Trinajstić information content (AvgIpc) is 2.19. The van der Waals surface area contributed by atoms with E-state index >= 15 is 0 Å². The number of halogens is 1. The number of hydrogen-bond acceptors (Lipinski definition) is 4. The van der Waals surface area contributed by atoms with Gasteiger partial charge in [-0.1, -0.05) is 11.6 Å². The fourth-order valence-electron chi connectivity index (χ4n) is 1.29. The summed E-state index contributed by atoms with van der Waals surface area (Å²) in [4.78, 5) is 14.0. The summed E-state index contributed by atoms with van der Waals surface area (Å²) in [5.74, 6) is 0. The number of anilines is 1. The highest BCUT2D eigenvalue weighted by molar-refractivity contribution is 6.37. The van der Waals surface area contributed by atoms with Crippen LogP contribution < -0.4 is 5.73 Å². The molecule has 0 bridgehead atoms. The van der Waals surface area contributed by atoms with Gasteiger partial charge < -0.3 is 5.73 Å². The summed E-state index contributed by atoms with van der Waals surface area (Å²) in [7, 11) is 0. The van der Waals surface area contributed by atoms with E-state index in [9.17, 15) is 10.1 Å². The van der Waals surface area contributed by atoms with Crippen molar-refractivity contribution in [1.29, 1.82) is 0 Å². The van der Waals surface area contributed by atoms with Crippen molar-refractivity contribution >= 4 is 33.9 Å². The van der Waals surface area contributed by atoms with Gasteiger partial charge in [0.2, 0.25) is 0 Å². The Bertz CT molecular complexity index is 556.